The van der Waals surface area contributed by atoms with Crippen LogP contribution in [0.2, 0.25) is 0 Å². The van der Waals surface area contributed by atoms with E-state index in [0.717, 1.165) is 5.69 Å². The molecule has 1 heterocycles. The van der Waals surface area contributed by atoms with Gasteiger partial charge in [0.1, 0.15) is 0 Å². The normalized spacial score (nSPS) is 11.6. The van der Waals surface area contributed by atoms with Crippen LogP contribution in [-0.4, -0.2) is 4.98 Å². The Morgan fingerprint density at radius 1 is 0.280 bits per heavy atom. The second-order valence-corrected chi connectivity index (χ2v) is 13.1. The first-order valence-corrected chi connectivity index (χ1v) is 17.2. The number of hydrogen-bond donors (Lipinski definition) is 0. The molecule has 0 bridgehead atoms. The van der Waals surface area contributed by atoms with E-state index in [1.165, 1.54) is 92.8 Å². The van der Waals surface area contributed by atoms with Gasteiger partial charge >= 0.3 is 0 Å². The fraction of sp³-hybridized carbons (Fsp3) is 0. The van der Waals surface area contributed by atoms with Crippen molar-refractivity contribution in [2.75, 3.05) is 0 Å². The van der Waals surface area contributed by atoms with Gasteiger partial charge < -0.3 is 0 Å². The Morgan fingerprint density at radius 2 is 0.860 bits per heavy atom. The Morgan fingerprint density at radius 3 is 1.64 bits per heavy atom. The van der Waals surface area contributed by atoms with Gasteiger partial charge in [-0.2, -0.15) is 0 Å². The lowest BCUT2D eigenvalue weighted by molar-refractivity contribution is 1.34. The lowest BCUT2D eigenvalue weighted by Gasteiger charge is -2.18. The maximum atomic E-state index is 4.86. The molecule has 0 saturated carbocycles. The number of benzene rings is 9. The number of fused-ring (bicyclic) bond motifs is 7. The van der Waals surface area contributed by atoms with Gasteiger partial charge in [0.15, 0.2) is 0 Å². The molecule has 1 nitrogen and oxygen atoms in total. The van der Waals surface area contributed by atoms with Crippen LogP contribution in [0.4, 0.5) is 0 Å². The third kappa shape index (κ3) is 4.52. The van der Waals surface area contributed by atoms with E-state index in [-0.39, 0.29) is 0 Å². The molecule has 0 aliphatic rings. The minimum Gasteiger partial charge on any atom is -0.256 e. The Labute approximate surface area is 290 Å². The van der Waals surface area contributed by atoms with Gasteiger partial charge in [-0.3, -0.25) is 4.98 Å². The summed E-state index contributed by atoms with van der Waals surface area (Å²) in [5.74, 6) is 0. The highest BCUT2D eigenvalue weighted by Gasteiger charge is 2.19. The molecule has 10 aromatic rings. The third-order valence-electron chi connectivity index (χ3n) is 10.3. The SMILES string of the molecule is c1ccc(-c2ccc3c(-c4ccc(-c5cc6c7ccccc7ccc6c6ccccc56)cc4)c4ccccc4c(-c4ccccn4)c3c2)cc1. The van der Waals surface area contributed by atoms with Crippen LogP contribution in [0.5, 0.6) is 0 Å². The van der Waals surface area contributed by atoms with E-state index >= 15 is 0 Å². The van der Waals surface area contributed by atoms with Gasteiger partial charge in [0.2, 0.25) is 0 Å². The molecular weight excluding hydrogens is 603 g/mol. The molecule has 0 N–H and O–H groups in total. The van der Waals surface area contributed by atoms with Crippen molar-refractivity contribution in [1.29, 1.82) is 0 Å². The predicted molar refractivity (Wildman–Crippen MR) is 214 cm³/mol. The molecule has 0 aliphatic carbocycles. The van der Waals surface area contributed by atoms with Gasteiger partial charge in [-0.15, -0.1) is 0 Å². The van der Waals surface area contributed by atoms with Crippen molar-refractivity contribution in [3.05, 3.63) is 188 Å². The van der Waals surface area contributed by atoms with Crippen LogP contribution in [0, 0.1) is 0 Å². The van der Waals surface area contributed by atoms with Gasteiger partial charge in [-0.1, -0.05) is 158 Å². The third-order valence-corrected chi connectivity index (χ3v) is 10.3. The van der Waals surface area contributed by atoms with Crippen molar-refractivity contribution in [2.45, 2.75) is 0 Å². The van der Waals surface area contributed by atoms with E-state index in [1.54, 1.807) is 0 Å². The Bertz CT molecular complexity index is 2890. The second-order valence-electron chi connectivity index (χ2n) is 13.1. The molecule has 232 valence electrons. The largest absolute Gasteiger partial charge is 0.256 e. The van der Waals surface area contributed by atoms with E-state index < -0.39 is 0 Å². The summed E-state index contributed by atoms with van der Waals surface area (Å²) < 4.78 is 0. The molecule has 0 fully saturated rings. The molecule has 1 heteroatoms. The first-order chi connectivity index (χ1) is 24.8. The number of nitrogens with zero attached hydrogens (tertiary/aromatic N) is 1. The molecule has 0 aliphatic heterocycles. The Hall–Kier alpha value is -6.57. The highest BCUT2D eigenvalue weighted by atomic mass is 14.7. The molecule has 10 rings (SSSR count). The van der Waals surface area contributed by atoms with E-state index in [2.05, 4.69) is 176 Å². The maximum absolute atomic E-state index is 4.86. The van der Waals surface area contributed by atoms with Crippen molar-refractivity contribution in [3.8, 4) is 44.6 Å². The highest BCUT2D eigenvalue weighted by Crippen LogP contribution is 2.45. The van der Waals surface area contributed by atoms with E-state index in [1.807, 2.05) is 12.3 Å². The van der Waals surface area contributed by atoms with Crippen LogP contribution in [0.25, 0.3) is 98.5 Å². The van der Waals surface area contributed by atoms with Crippen molar-refractivity contribution < 1.29 is 0 Å². The minimum absolute atomic E-state index is 0.983. The first-order valence-electron chi connectivity index (χ1n) is 17.2. The van der Waals surface area contributed by atoms with Gasteiger partial charge in [0.25, 0.3) is 0 Å². The zero-order valence-corrected chi connectivity index (χ0v) is 27.3. The monoisotopic (exact) mass is 633 g/mol. The first kappa shape index (κ1) is 28.4. The summed E-state index contributed by atoms with van der Waals surface area (Å²) in [6.45, 7) is 0. The summed E-state index contributed by atoms with van der Waals surface area (Å²) >= 11 is 0. The minimum atomic E-state index is 0.983. The average Bonchev–Trinajstić information content (AvgIpc) is 3.20. The average molecular weight is 634 g/mol. The highest BCUT2D eigenvalue weighted by molar-refractivity contribution is 6.23. The number of hydrogen-bond acceptors (Lipinski definition) is 1. The van der Waals surface area contributed by atoms with Gasteiger partial charge in [0, 0.05) is 11.8 Å². The Balaban J connectivity index is 1.21. The number of rotatable bonds is 4. The molecule has 0 radical (unpaired) electrons. The van der Waals surface area contributed by atoms with E-state index in [9.17, 15) is 0 Å². The molecule has 0 atom stereocenters. The van der Waals surface area contributed by atoms with Crippen molar-refractivity contribution in [2.24, 2.45) is 0 Å². The molecule has 1 aromatic heterocycles. The summed E-state index contributed by atoms with van der Waals surface area (Å²) in [4.78, 5) is 4.86. The molecule has 0 amide bonds. The molecule has 0 spiro atoms. The van der Waals surface area contributed by atoms with Gasteiger partial charge in [0.05, 0.1) is 5.69 Å². The van der Waals surface area contributed by atoms with E-state index in [4.69, 9.17) is 4.98 Å². The molecule has 9 aromatic carbocycles. The fourth-order valence-corrected chi connectivity index (χ4v) is 8.00. The predicted octanol–water partition coefficient (Wildman–Crippen LogP) is 13.5. The number of aromatic nitrogens is 1. The zero-order valence-electron chi connectivity index (χ0n) is 27.3. The van der Waals surface area contributed by atoms with Crippen molar-refractivity contribution in [3.63, 3.8) is 0 Å². The van der Waals surface area contributed by atoms with Gasteiger partial charge in [-0.25, -0.2) is 0 Å². The van der Waals surface area contributed by atoms with Crippen LogP contribution in [0.1, 0.15) is 0 Å². The summed E-state index contributed by atoms with van der Waals surface area (Å²) in [7, 11) is 0. The van der Waals surface area contributed by atoms with Gasteiger partial charge in [-0.05, 0) is 112 Å². The Kier molecular flexibility index (Phi) is 6.57. The molecule has 0 saturated heterocycles. The topological polar surface area (TPSA) is 12.9 Å². The fourth-order valence-electron chi connectivity index (χ4n) is 8.00. The van der Waals surface area contributed by atoms with E-state index in [0.29, 0.717) is 0 Å². The second kappa shape index (κ2) is 11.5. The van der Waals surface area contributed by atoms with Crippen molar-refractivity contribution >= 4 is 53.9 Å². The van der Waals surface area contributed by atoms with Crippen LogP contribution in [-0.2, 0) is 0 Å². The zero-order chi connectivity index (χ0) is 33.0. The lowest BCUT2D eigenvalue weighted by atomic mass is 9.85. The molecule has 50 heavy (non-hydrogen) atoms. The summed E-state index contributed by atoms with van der Waals surface area (Å²) in [5.41, 5.74) is 9.47. The van der Waals surface area contributed by atoms with Crippen LogP contribution < -0.4 is 0 Å². The summed E-state index contributed by atoms with van der Waals surface area (Å²) in [5, 5.41) is 12.5. The maximum Gasteiger partial charge on any atom is 0.0714 e. The standard InChI is InChI=1S/C49H31N/c1-2-12-32(13-3-1)36-26-28-43-46(30-36)49(47-20-10-11-29-50-47)42-19-9-8-18-41(42)48(43)35-23-21-34(22-24-35)44-31-45-37-15-5-4-14-33(37)25-27-40(45)38-16-6-7-17-39(38)44/h1-31H. The van der Waals surface area contributed by atoms with Crippen LogP contribution in [0.3, 0.4) is 0 Å². The molecular formula is C49H31N. The number of pyridine rings is 1. The smallest absolute Gasteiger partial charge is 0.0714 e. The molecule has 0 unspecified atom stereocenters. The van der Waals surface area contributed by atoms with Crippen LogP contribution >= 0.6 is 0 Å². The lowest BCUT2D eigenvalue weighted by Crippen LogP contribution is -1.93. The van der Waals surface area contributed by atoms with Crippen LogP contribution in [0.15, 0.2) is 188 Å². The summed E-state index contributed by atoms with van der Waals surface area (Å²) in [6.07, 6.45) is 1.89. The summed E-state index contributed by atoms with van der Waals surface area (Å²) in [6, 6.07) is 66.2. The quantitative estimate of drug-likeness (QED) is 0.139. The van der Waals surface area contributed by atoms with Crippen molar-refractivity contribution in [1.82, 2.24) is 4.98 Å².